The molecule has 1 spiro atoms. The van der Waals surface area contributed by atoms with E-state index in [9.17, 15) is 9.59 Å². The SMILES string of the molecule is CN1Cc2cc(Nc3ncc(C(=O)N4C/C=C\CCCN5C(=O)C(C)(C)Oc6ccc(cc65)N4)cn3)ccc2C2(CC2)C1. The maximum atomic E-state index is 13.6. The number of ether oxygens (including phenoxy) is 1. The zero-order valence-corrected chi connectivity index (χ0v) is 24.9. The number of rotatable bonds is 3. The van der Waals surface area contributed by atoms with Gasteiger partial charge in [-0.25, -0.2) is 15.0 Å². The quantitative estimate of drug-likeness (QED) is 0.417. The molecule has 4 heterocycles. The van der Waals surface area contributed by atoms with E-state index >= 15 is 0 Å². The molecule has 1 fully saturated rings. The van der Waals surface area contributed by atoms with E-state index in [1.807, 2.05) is 30.4 Å². The minimum absolute atomic E-state index is 0.0773. The van der Waals surface area contributed by atoms with E-state index in [1.165, 1.54) is 29.0 Å². The van der Waals surface area contributed by atoms with Gasteiger partial charge in [-0.05, 0) is 88.0 Å². The van der Waals surface area contributed by atoms with Crippen molar-refractivity contribution >= 4 is 34.8 Å². The lowest BCUT2D eigenvalue weighted by atomic mass is 9.87. The number of allylic oxidation sites excluding steroid dienone is 1. The monoisotopic (exact) mass is 579 g/mol. The third-order valence-corrected chi connectivity index (χ3v) is 8.79. The number of nitrogens with one attached hydrogen (secondary N) is 2. The Morgan fingerprint density at radius 1 is 1.07 bits per heavy atom. The summed E-state index contributed by atoms with van der Waals surface area (Å²) in [5.41, 5.74) is 8.13. The van der Waals surface area contributed by atoms with Crippen LogP contribution in [0, 0.1) is 0 Å². The van der Waals surface area contributed by atoms with Crippen LogP contribution in [0.1, 0.15) is 61.0 Å². The number of hydrogen-bond acceptors (Lipinski definition) is 8. The summed E-state index contributed by atoms with van der Waals surface area (Å²) in [5.74, 6) is 0.746. The highest BCUT2D eigenvalue weighted by molar-refractivity contribution is 6.03. The van der Waals surface area contributed by atoms with Gasteiger partial charge < -0.3 is 19.9 Å². The summed E-state index contributed by atoms with van der Waals surface area (Å²) in [4.78, 5) is 39.9. The molecule has 10 heteroatoms. The second-order valence-corrected chi connectivity index (χ2v) is 12.6. The van der Waals surface area contributed by atoms with Gasteiger partial charge in [0.05, 0.1) is 23.5 Å². The Kier molecular flexibility index (Phi) is 6.61. The fourth-order valence-corrected chi connectivity index (χ4v) is 6.49. The molecule has 2 aromatic carbocycles. The van der Waals surface area contributed by atoms with Crippen LogP contribution in [0.2, 0.25) is 0 Å². The van der Waals surface area contributed by atoms with E-state index in [1.54, 1.807) is 31.1 Å². The molecule has 0 saturated heterocycles. The van der Waals surface area contributed by atoms with Crippen LogP contribution in [0.5, 0.6) is 5.75 Å². The Morgan fingerprint density at radius 3 is 2.67 bits per heavy atom. The number of fused-ring (bicyclic) bond motifs is 3. The number of likely N-dealkylation sites (N-methyl/N-ethyl adjacent to an activating group) is 1. The molecule has 222 valence electrons. The molecule has 3 aliphatic heterocycles. The fourth-order valence-electron chi connectivity index (χ4n) is 6.49. The van der Waals surface area contributed by atoms with Gasteiger partial charge in [-0.3, -0.25) is 15.0 Å². The number of anilines is 4. The number of hydrogen-bond donors (Lipinski definition) is 2. The third-order valence-electron chi connectivity index (χ3n) is 8.79. The van der Waals surface area contributed by atoms with Gasteiger partial charge >= 0.3 is 0 Å². The van der Waals surface area contributed by atoms with Crippen molar-refractivity contribution in [2.45, 2.75) is 57.1 Å². The molecule has 0 unspecified atom stereocenters. The molecule has 1 aliphatic carbocycles. The Labute approximate surface area is 251 Å². The average Bonchev–Trinajstić information content (AvgIpc) is 3.74. The summed E-state index contributed by atoms with van der Waals surface area (Å²) in [6, 6.07) is 12.1. The smallest absolute Gasteiger partial charge is 0.275 e. The normalized spacial score (nSPS) is 21.0. The van der Waals surface area contributed by atoms with Gasteiger partial charge in [0.1, 0.15) is 5.75 Å². The summed E-state index contributed by atoms with van der Waals surface area (Å²) in [6.45, 7) is 6.59. The zero-order chi connectivity index (χ0) is 29.8. The lowest BCUT2D eigenvalue weighted by Gasteiger charge is -2.39. The number of nitrogens with zero attached hydrogens (tertiary/aromatic N) is 5. The first-order chi connectivity index (χ1) is 20.7. The molecule has 0 atom stereocenters. The third kappa shape index (κ3) is 5.20. The molecule has 2 N–H and O–H groups in total. The molecule has 0 radical (unpaired) electrons. The van der Waals surface area contributed by atoms with E-state index in [4.69, 9.17) is 4.74 Å². The topological polar surface area (TPSA) is 103 Å². The number of benzene rings is 2. The van der Waals surface area contributed by atoms with Gasteiger partial charge in [0.15, 0.2) is 5.60 Å². The van der Waals surface area contributed by atoms with Gasteiger partial charge in [-0.1, -0.05) is 18.2 Å². The standard InChI is InChI=1S/C33H37N7O3/c1-32(2)30(42)39-14-6-4-5-7-15-40(37-25-9-11-28(43-32)27(39)17-25)29(41)23-18-34-31(35-19-23)36-24-8-10-26-22(16-24)20-38(3)21-33(26)12-13-33/h5,7-11,16-19,37H,4,6,12-15,20-21H2,1-3H3,(H,34,35,36)/b7-5-. The van der Waals surface area contributed by atoms with Crippen LogP contribution >= 0.6 is 0 Å². The van der Waals surface area contributed by atoms with Gasteiger partial charge in [0.2, 0.25) is 5.95 Å². The first kappa shape index (κ1) is 27.4. The molecule has 1 aromatic heterocycles. The average molecular weight is 580 g/mol. The zero-order valence-electron chi connectivity index (χ0n) is 24.9. The molecule has 4 aliphatic rings. The van der Waals surface area contributed by atoms with E-state index in [-0.39, 0.29) is 11.8 Å². The van der Waals surface area contributed by atoms with Crippen molar-refractivity contribution in [2.75, 3.05) is 42.3 Å². The van der Waals surface area contributed by atoms with E-state index in [0.717, 1.165) is 31.6 Å². The molecule has 3 aromatic rings. The van der Waals surface area contributed by atoms with Crippen molar-refractivity contribution in [3.05, 3.63) is 77.6 Å². The lowest BCUT2D eigenvalue weighted by molar-refractivity contribution is -0.132. The lowest BCUT2D eigenvalue weighted by Crippen LogP contribution is -2.52. The van der Waals surface area contributed by atoms with Crippen LogP contribution in [0.15, 0.2) is 60.9 Å². The maximum Gasteiger partial charge on any atom is 0.275 e. The van der Waals surface area contributed by atoms with E-state index in [0.29, 0.717) is 47.1 Å². The van der Waals surface area contributed by atoms with E-state index < -0.39 is 5.60 Å². The van der Waals surface area contributed by atoms with Crippen LogP contribution in [-0.2, 0) is 16.8 Å². The van der Waals surface area contributed by atoms with Gasteiger partial charge in [0.25, 0.3) is 11.8 Å². The predicted molar refractivity (Wildman–Crippen MR) is 166 cm³/mol. The summed E-state index contributed by atoms with van der Waals surface area (Å²) < 4.78 is 6.02. The van der Waals surface area contributed by atoms with Crippen LogP contribution in [-0.4, -0.2) is 64.0 Å². The highest BCUT2D eigenvalue weighted by Gasteiger charge is 2.48. The van der Waals surface area contributed by atoms with Gasteiger partial charge in [-0.2, -0.15) is 0 Å². The molecule has 2 bridgehead atoms. The van der Waals surface area contributed by atoms with Crippen molar-refractivity contribution in [3.63, 3.8) is 0 Å². The van der Waals surface area contributed by atoms with Crippen LogP contribution in [0.25, 0.3) is 0 Å². The predicted octanol–water partition coefficient (Wildman–Crippen LogP) is 5.02. The van der Waals surface area contributed by atoms with Crippen molar-refractivity contribution in [1.29, 1.82) is 0 Å². The summed E-state index contributed by atoms with van der Waals surface area (Å²) in [5, 5.41) is 4.83. The Balaban J connectivity index is 1.09. The largest absolute Gasteiger partial charge is 0.476 e. The minimum Gasteiger partial charge on any atom is -0.476 e. The molecule has 1 saturated carbocycles. The highest BCUT2D eigenvalue weighted by atomic mass is 16.5. The van der Waals surface area contributed by atoms with E-state index in [2.05, 4.69) is 50.9 Å². The number of aromatic nitrogens is 2. The van der Waals surface area contributed by atoms with Crippen molar-refractivity contribution in [3.8, 4) is 5.75 Å². The summed E-state index contributed by atoms with van der Waals surface area (Å²) in [6.07, 6.45) is 11.2. The summed E-state index contributed by atoms with van der Waals surface area (Å²) >= 11 is 0. The van der Waals surface area contributed by atoms with Crippen molar-refractivity contribution < 1.29 is 14.3 Å². The Bertz CT molecular complexity index is 1610. The second-order valence-electron chi connectivity index (χ2n) is 12.6. The van der Waals surface area contributed by atoms with Gasteiger partial charge in [-0.15, -0.1) is 0 Å². The molecule has 7 rings (SSSR count). The van der Waals surface area contributed by atoms with Gasteiger partial charge in [0, 0.05) is 43.1 Å². The van der Waals surface area contributed by atoms with Crippen molar-refractivity contribution in [1.82, 2.24) is 19.9 Å². The number of hydrazine groups is 1. The molecular formula is C33H37N7O3. The Hall–Kier alpha value is -4.44. The molecule has 43 heavy (non-hydrogen) atoms. The van der Waals surface area contributed by atoms with Crippen LogP contribution in [0.3, 0.4) is 0 Å². The molecule has 2 amide bonds. The number of carbonyl (C=O) groups is 2. The number of amides is 2. The second kappa shape index (κ2) is 10.4. The maximum absolute atomic E-state index is 13.6. The van der Waals surface area contributed by atoms with Crippen LogP contribution < -0.4 is 20.4 Å². The first-order valence-electron chi connectivity index (χ1n) is 15.0. The molecule has 10 nitrogen and oxygen atoms in total. The molecular weight excluding hydrogens is 542 g/mol. The minimum atomic E-state index is -0.937. The van der Waals surface area contributed by atoms with Crippen molar-refractivity contribution in [2.24, 2.45) is 0 Å². The first-order valence-corrected chi connectivity index (χ1v) is 15.0. The number of carbonyl (C=O) groups excluding carboxylic acids is 2. The highest BCUT2D eigenvalue weighted by Crippen LogP contribution is 2.52. The fraction of sp³-hybridized carbons (Fsp3) is 0.394. The van der Waals surface area contributed by atoms with Crippen LogP contribution in [0.4, 0.5) is 23.0 Å². The Morgan fingerprint density at radius 2 is 1.88 bits per heavy atom. The summed E-state index contributed by atoms with van der Waals surface area (Å²) in [7, 11) is 2.18.